The van der Waals surface area contributed by atoms with E-state index >= 15 is 0 Å². The number of carbonyl (C=O) groups excluding carboxylic acids is 1. The molecule has 1 aromatic rings. The van der Waals surface area contributed by atoms with E-state index in [2.05, 4.69) is 0 Å². The zero-order chi connectivity index (χ0) is 15.4. The third-order valence-electron chi connectivity index (χ3n) is 3.54. The van der Waals surface area contributed by atoms with Crippen molar-refractivity contribution in [2.45, 2.75) is 32.2 Å². The molecular weight excluding hydrogens is 294 g/mol. The van der Waals surface area contributed by atoms with Crippen molar-refractivity contribution in [3.05, 3.63) is 28.8 Å². The van der Waals surface area contributed by atoms with Gasteiger partial charge >= 0.3 is 5.97 Å². The first-order chi connectivity index (χ1) is 10.0. The van der Waals surface area contributed by atoms with Gasteiger partial charge in [-0.3, -0.25) is 4.79 Å². The molecule has 1 aliphatic heterocycles. The molecule has 0 saturated carbocycles. The molecule has 1 fully saturated rings. The Morgan fingerprint density at radius 1 is 1.48 bits per heavy atom. The lowest BCUT2D eigenvalue weighted by atomic mass is 10.1. The number of halogens is 1. The summed E-state index contributed by atoms with van der Waals surface area (Å²) in [5.41, 5.74) is 0.686. The Kier molecular flexibility index (Phi) is 5.07. The van der Waals surface area contributed by atoms with Gasteiger partial charge < -0.3 is 14.7 Å². The van der Waals surface area contributed by atoms with Crippen LogP contribution in [0.1, 0.15) is 25.3 Å². The van der Waals surface area contributed by atoms with Gasteiger partial charge in [0.15, 0.2) is 0 Å². The van der Waals surface area contributed by atoms with Gasteiger partial charge in [0, 0.05) is 12.1 Å². The second-order valence-corrected chi connectivity index (χ2v) is 5.33. The van der Waals surface area contributed by atoms with E-state index in [0.717, 1.165) is 6.42 Å². The van der Waals surface area contributed by atoms with Gasteiger partial charge in [0.1, 0.15) is 11.8 Å². The zero-order valence-corrected chi connectivity index (χ0v) is 12.6. The van der Waals surface area contributed by atoms with Crippen molar-refractivity contribution in [2.75, 3.05) is 13.2 Å². The fourth-order valence-corrected chi connectivity index (χ4v) is 2.83. The van der Waals surface area contributed by atoms with Gasteiger partial charge in [0.2, 0.25) is 5.91 Å². The highest BCUT2D eigenvalue weighted by Crippen LogP contribution is 2.30. The first-order valence-corrected chi connectivity index (χ1v) is 7.34. The third kappa shape index (κ3) is 3.47. The van der Waals surface area contributed by atoms with Crippen LogP contribution in [-0.4, -0.2) is 41.1 Å². The monoisotopic (exact) mass is 311 g/mol. The first kappa shape index (κ1) is 15.6. The van der Waals surface area contributed by atoms with E-state index in [4.69, 9.17) is 21.4 Å². The third-order valence-corrected chi connectivity index (χ3v) is 3.83. The van der Waals surface area contributed by atoms with Crippen molar-refractivity contribution in [1.82, 2.24) is 4.90 Å². The number of carbonyl (C=O) groups is 2. The maximum Gasteiger partial charge on any atom is 0.326 e. The number of carboxylic acids is 1. The number of hydrogen-bond acceptors (Lipinski definition) is 3. The maximum atomic E-state index is 12.4. The Morgan fingerprint density at radius 2 is 2.24 bits per heavy atom. The highest BCUT2D eigenvalue weighted by atomic mass is 35.5. The molecule has 2 rings (SSSR count). The summed E-state index contributed by atoms with van der Waals surface area (Å²) in [5.74, 6) is -0.652. The number of amides is 1. The molecule has 1 aliphatic rings. The average molecular weight is 312 g/mol. The number of para-hydroxylation sites is 1. The van der Waals surface area contributed by atoms with E-state index in [1.54, 1.807) is 18.2 Å². The van der Waals surface area contributed by atoms with Crippen LogP contribution in [-0.2, 0) is 16.0 Å². The van der Waals surface area contributed by atoms with Crippen molar-refractivity contribution in [2.24, 2.45) is 0 Å². The summed E-state index contributed by atoms with van der Waals surface area (Å²) in [7, 11) is 0. The van der Waals surface area contributed by atoms with E-state index in [1.807, 2.05) is 6.92 Å². The Balaban J connectivity index is 2.16. The fourth-order valence-electron chi connectivity index (χ4n) is 2.59. The topological polar surface area (TPSA) is 66.8 Å². The Bertz CT molecular complexity index is 546. The lowest BCUT2D eigenvalue weighted by Gasteiger charge is -2.22. The molecule has 0 aliphatic carbocycles. The first-order valence-electron chi connectivity index (χ1n) is 6.97. The minimum Gasteiger partial charge on any atom is -0.492 e. The number of carboxylic acid groups (broad SMARTS) is 1. The predicted molar refractivity (Wildman–Crippen MR) is 78.7 cm³/mol. The summed E-state index contributed by atoms with van der Waals surface area (Å²) < 4.78 is 5.49. The van der Waals surface area contributed by atoms with Gasteiger partial charge in [-0.05, 0) is 25.8 Å². The molecule has 1 atom stereocenters. The molecule has 0 aromatic heterocycles. The zero-order valence-electron chi connectivity index (χ0n) is 11.8. The Morgan fingerprint density at radius 3 is 2.90 bits per heavy atom. The lowest BCUT2D eigenvalue weighted by molar-refractivity contribution is -0.148. The van der Waals surface area contributed by atoms with Crippen molar-refractivity contribution >= 4 is 23.5 Å². The van der Waals surface area contributed by atoms with Crippen molar-refractivity contribution in [3.8, 4) is 5.75 Å². The largest absolute Gasteiger partial charge is 0.492 e. The van der Waals surface area contributed by atoms with E-state index < -0.39 is 12.0 Å². The van der Waals surface area contributed by atoms with Crippen LogP contribution >= 0.6 is 11.6 Å². The summed E-state index contributed by atoms with van der Waals surface area (Å²) in [6.07, 6.45) is 1.32. The van der Waals surface area contributed by atoms with Gasteiger partial charge in [-0.1, -0.05) is 23.7 Å². The second-order valence-electron chi connectivity index (χ2n) is 4.92. The molecule has 1 heterocycles. The standard InChI is InChI=1S/C15H18ClNO4/c1-2-21-14-10(5-3-6-11(14)16)9-13(18)17-8-4-7-12(17)15(19)20/h3,5-6,12H,2,4,7-9H2,1H3,(H,19,20). The molecule has 1 N–H and O–H groups in total. The molecule has 0 radical (unpaired) electrons. The Hall–Kier alpha value is -1.75. The molecule has 5 nitrogen and oxygen atoms in total. The molecule has 1 aromatic carbocycles. The summed E-state index contributed by atoms with van der Waals surface area (Å²) in [6, 6.07) is 4.52. The number of hydrogen-bond donors (Lipinski definition) is 1. The van der Waals surface area contributed by atoms with Crippen LogP contribution in [0, 0.1) is 0 Å². The van der Waals surface area contributed by atoms with Crippen LogP contribution < -0.4 is 4.74 Å². The molecule has 1 unspecified atom stereocenters. The highest BCUT2D eigenvalue weighted by molar-refractivity contribution is 6.32. The van der Waals surface area contributed by atoms with E-state index in [1.165, 1.54) is 4.90 Å². The molecule has 21 heavy (non-hydrogen) atoms. The van der Waals surface area contributed by atoms with Crippen LogP contribution in [0.4, 0.5) is 0 Å². The van der Waals surface area contributed by atoms with Gasteiger partial charge in [-0.25, -0.2) is 4.79 Å². The minimum atomic E-state index is -0.947. The van der Waals surface area contributed by atoms with Crippen LogP contribution in [0.5, 0.6) is 5.75 Å². The lowest BCUT2D eigenvalue weighted by Crippen LogP contribution is -2.41. The summed E-state index contributed by atoms with van der Waals surface area (Å²) in [6.45, 7) is 2.78. The summed E-state index contributed by atoms with van der Waals surface area (Å²) in [5, 5.41) is 9.60. The van der Waals surface area contributed by atoms with Crippen LogP contribution in [0.3, 0.4) is 0 Å². The van der Waals surface area contributed by atoms with Crippen LogP contribution in [0.25, 0.3) is 0 Å². The minimum absolute atomic E-state index is 0.0969. The quantitative estimate of drug-likeness (QED) is 0.906. The number of ether oxygens (including phenoxy) is 1. The summed E-state index contributed by atoms with van der Waals surface area (Å²) >= 11 is 6.09. The Labute approximate surface area is 128 Å². The number of nitrogens with zero attached hydrogens (tertiary/aromatic N) is 1. The smallest absolute Gasteiger partial charge is 0.326 e. The van der Waals surface area contributed by atoms with E-state index in [0.29, 0.717) is 35.9 Å². The molecule has 1 saturated heterocycles. The van der Waals surface area contributed by atoms with Crippen LogP contribution in [0.15, 0.2) is 18.2 Å². The van der Waals surface area contributed by atoms with Crippen molar-refractivity contribution in [3.63, 3.8) is 0 Å². The number of rotatable bonds is 5. The number of likely N-dealkylation sites (tertiary alicyclic amines) is 1. The molecule has 114 valence electrons. The van der Waals surface area contributed by atoms with Gasteiger partial charge in [-0.2, -0.15) is 0 Å². The van der Waals surface area contributed by atoms with Crippen molar-refractivity contribution < 1.29 is 19.4 Å². The van der Waals surface area contributed by atoms with Gasteiger partial charge in [0.05, 0.1) is 18.1 Å². The van der Waals surface area contributed by atoms with Crippen molar-refractivity contribution in [1.29, 1.82) is 0 Å². The normalized spacial score (nSPS) is 17.8. The summed E-state index contributed by atoms with van der Waals surface area (Å²) in [4.78, 5) is 24.9. The molecule has 0 bridgehead atoms. The van der Waals surface area contributed by atoms with Gasteiger partial charge in [0.25, 0.3) is 0 Å². The molecular formula is C15H18ClNO4. The average Bonchev–Trinajstić information content (AvgIpc) is 2.92. The molecule has 6 heteroatoms. The fraction of sp³-hybridized carbons (Fsp3) is 0.467. The molecule has 1 amide bonds. The van der Waals surface area contributed by atoms with E-state index in [-0.39, 0.29) is 12.3 Å². The highest BCUT2D eigenvalue weighted by Gasteiger charge is 2.34. The molecule has 0 spiro atoms. The van der Waals surface area contributed by atoms with Crippen LogP contribution in [0.2, 0.25) is 5.02 Å². The predicted octanol–water partition coefficient (Wildman–Crippen LogP) is 2.36. The maximum absolute atomic E-state index is 12.4. The number of benzene rings is 1. The second kappa shape index (κ2) is 6.80. The number of aliphatic carboxylic acids is 1. The SMILES string of the molecule is CCOc1c(Cl)cccc1CC(=O)N1CCCC1C(=O)O. The van der Waals surface area contributed by atoms with Gasteiger partial charge in [-0.15, -0.1) is 0 Å². The van der Waals surface area contributed by atoms with E-state index in [9.17, 15) is 9.59 Å².